The fraction of sp³-hybridized carbons (Fsp3) is 0.600. The zero-order chi connectivity index (χ0) is 12.2. The fourth-order valence-corrected chi connectivity index (χ4v) is 2.06. The number of halogens is 3. The van der Waals surface area contributed by atoms with Crippen molar-refractivity contribution < 1.29 is 23.0 Å². The fourth-order valence-electron chi connectivity index (χ4n) is 1.13. The van der Waals surface area contributed by atoms with Gasteiger partial charge in [0.05, 0.1) is 6.61 Å². The maximum atomic E-state index is 11.8. The highest BCUT2D eigenvalue weighted by Crippen LogP contribution is 2.24. The Balaban J connectivity index is 2.37. The van der Waals surface area contributed by atoms with Crippen molar-refractivity contribution in [2.75, 3.05) is 13.2 Å². The van der Waals surface area contributed by atoms with Crippen LogP contribution >= 0.6 is 11.3 Å². The maximum absolute atomic E-state index is 11.8. The molecule has 0 bridgehead atoms. The normalized spacial score (nSPS) is 14.1. The minimum atomic E-state index is -4.34. The maximum Gasteiger partial charge on any atom is 0.411 e. The topological polar surface area (TPSA) is 29.5 Å². The number of hydrogen-bond donors (Lipinski definition) is 1. The van der Waals surface area contributed by atoms with E-state index in [0.717, 1.165) is 11.3 Å². The van der Waals surface area contributed by atoms with Gasteiger partial charge in [0.15, 0.2) is 0 Å². The van der Waals surface area contributed by atoms with Gasteiger partial charge in [-0.15, -0.1) is 11.3 Å². The molecule has 0 spiro atoms. The average molecular weight is 254 g/mol. The van der Waals surface area contributed by atoms with Gasteiger partial charge in [0.2, 0.25) is 0 Å². The van der Waals surface area contributed by atoms with E-state index in [1.165, 1.54) is 11.3 Å². The third-order valence-electron chi connectivity index (χ3n) is 1.90. The Morgan fingerprint density at radius 1 is 1.44 bits per heavy atom. The zero-order valence-electron chi connectivity index (χ0n) is 8.75. The van der Waals surface area contributed by atoms with Crippen molar-refractivity contribution in [2.24, 2.45) is 0 Å². The van der Waals surface area contributed by atoms with Crippen LogP contribution in [-0.4, -0.2) is 24.5 Å². The van der Waals surface area contributed by atoms with Gasteiger partial charge in [0.25, 0.3) is 0 Å². The Hall–Kier alpha value is -0.590. The molecule has 0 radical (unpaired) electrons. The Morgan fingerprint density at radius 2 is 2.12 bits per heavy atom. The summed E-state index contributed by atoms with van der Waals surface area (Å²) < 4.78 is 39.7. The summed E-state index contributed by atoms with van der Waals surface area (Å²) in [7, 11) is 0. The molecule has 0 saturated carbocycles. The smallest absolute Gasteiger partial charge is 0.385 e. The molecule has 6 heteroatoms. The zero-order valence-corrected chi connectivity index (χ0v) is 9.57. The van der Waals surface area contributed by atoms with Gasteiger partial charge in [-0.3, -0.25) is 0 Å². The second-order valence-electron chi connectivity index (χ2n) is 3.30. The predicted octanol–water partition coefficient (Wildman–Crippen LogP) is 2.92. The molecule has 1 unspecified atom stereocenters. The van der Waals surface area contributed by atoms with Crippen LogP contribution in [0.3, 0.4) is 0 Å². The molecule has 2 nitrogen and oxygen atoms in total. The quantitative estimate of drug-likeness (QED) is 0.875. The molecule has 0 saturated heterocycles. The van der Waals surface area contributed by atoms with E-state index in [9.17, 15) is 18.3 Å². The highest BCUT2D eigenvalue weighted by Gasteiger charge is 2.28. The van der Waals surface area contributed by atoms with Crippen molar-refractivity contribution >= 4 is 11.3 Å². The van der Waals surface area contributed by atoms with E-state index >= 15 is 0 Å². The van der Waals surface area contributed by atoms with Gasteiger partial charge in [0, 0.05) is 9.75 Å². The van der Waals surface area contributed by atoms with Gasteiger partial charge in [-0.2, -0.15) is 13.2 Å². The average Bonchev–Trinajstić information content (AvgIpc) is 2.63. The largest absolute Gasteiger partial charge is 0.411 e. The van der Waals surface area contributed by atoms with Crippen LogP contribution in [0.1, 0.15) is 22.8 Å². The lowest BCUT2D eigenvalue weighted by molar-refractivity contribution is -0.179. The summed E-state index contributed by atoms with van der Waals surface area (Å²) in [4.78, 5) is 1.73. The number of aryl methyl sites for hydroxylation is 1. The number of ether oxygens (including phenoxy) is 1. The molecule has 0 aliphatic heterocycles. The summed E-state index contributed by atoms with van der Waals surface area (Å²) in [6.07, 6.45) is -4.47. The van der Waals surface area contributed by atoms with E-state index in [0.29, 0.717) is 4.88 Å². The van der Waals surface area contributed by atoms with Gasteiger partial charge in [-0.1, -0.05) is 6.92 Å². The van der Waals surface area contributed by atoms with Crippen LogP contribution < -0.4 is 0 Å². The molecule has 1 atom stereocenters. The first-order valence-electron chi connectivity index (χ1n) is 4.83. The summed E-state index contributed by atoms with van der Waals surface area (Å²) in [6, 6.07) is 3.57. The number of alkyl halides is 3. The minimum absolute atomic E-state index is 0.330. The molecular formula is C10H13F3O2S. The van der Waals surface area contributed by atoms with Crippen molar-refractivity contribution in [3.63, 3.8) is 0 Å². The Kier molecular flexibility index (Phi) is 4.76. The van der Waals surface area contributed by atoms with E-state index in [1.807, 2.05) is 13.0 Å². The SMILES string of the molecule is CCc1ccc(C(O)COCC(F)(F)F)s1. The van der Waals surface area contributed by atoms with Crippen LogP contribution in [0, 0.1) is 0 Å². The minimum Gasteiger partial charge on any atom is -0.385 e. The summed E-state index contributed by atoms with van der Waals surface area (Å²) in [5, 5.41) is 9.54. The number of aliphatic hydroxyl groups is 1. The molecule has 0 fully saturated rings. The van der Waals surface area contributed by atoms with Crippen LogP contribution in [0.5, 0.6) is 0 Å². The standard InChI is InChI=1S/C10H13F3O2S/c1-2-7-3-4-9(16-7)8(14)5-15-6-10(11,12)13/h3-4,8,14H,2,5-6H2,1H3. The van der Waals surface area contributed by atoms with Crippen molar-refractivity contribution in [2.45, 2.75) is 25.6 Å². The van der Waals surface area contributed by atoms with E-state index in [1.54, 1.807) is 6.07 Å². The summed E-state index contributed by atoms with van der Waals surface area (Å²) in [5.74, 6) is 0. The Bertz CT molecular complexity index is 322. The molecule has 0 aromatic carbocycles. The van der Waals surface area contributed by atoms with Crippen molar-refractivity contribution in [1.82, 2.24) is 0 Å². The predicted molar refractivity (Wildman–Crippen MR) is 55.5 cm³/mol. The second kappa shape index (κ2) is 5.65. The first-order chi connectivity index (χ1) is 7.42. The summed E-state index contributed by atoms with van der Waals surface area (Å²) >= 11 is 1.39. The number of rotatable bonds is 5. The first-order valence-corrected chi connectivity index (χ1v) is 5.65. The Morgan fingerprint density at radius 3 is 2.62 bits per heavy atom. The third-order valence-corrected chi connectivity index (χ3v) is 3.23. The molecule has 16 heavy (non-hydrogen) atoms. The molecule has 0 amide bonds. The number of aliphatic hydroxyl groups excluding tert-OH is 1. The first kappa shape index (κ1) is 13.5. The van der Waals surface area contributed by atoms with E-state index in [2.05, 4.69) is 4.74 Å². The van der Waals surface area contributed by atoms with Gasteiger partial charge in [-0.25, -0.2) is 0 Å². The van der Waals surface area contributed by atoms with Crippen LogP contribution in [0.15, 0.2) is 12.1 Å². The molecular weight excluding hydrogens is 241 g/mol. The van der Waals surface area contributed by atoms with E-state index in [4.69, 9.17) is 0 Å². The van der Waals surface area contributed by atoms with Crippen molar-refractivity contribution in [3.8, 4) is 0 Å². The monoisotopic (exact) mass is 254 g/mol. The lowest BCUT2D eigenvalue weighted by atomic mass is 10.3. The molecule has 1 aromatic rings. The van der Waals surface area contributed by atoms with Crippen molar-refractivity contribution in [1.29, 1.82) is 0 Å². The van der Waals surface area contributed by atoms with Gasteiger partial charge < -0.3 is 9.84 Å². The van der Waals surface area contributed by atoms with Crippen LogP contribution in [0.2, 0.25) is 0 Å². The summed E-state index contributed by atoms with van der Waals surface area (Å²) in [6.45, 7) is 0.321. The molecule has 1 rings (SSSR count). The molecule has 92 valence electrons. The lowest BCUT2D eigenvalue weighted by Crippen LogP contribution is -2.19. The van der Waals surface area contributed by atoms with Crippen molar-refractivity contribution in [3.05, 3.63) is 21.9 Å². The third kappa shape index (κ3) is 4.51. The molecule has 1 aromatic heterocycles. The molecule has 0 aliphatic carbocycles. The van der Waals surface area contributed by atoms with E-state index in [-0.39, 0.29) is 6.61 Å². The highest BCUT2D eigenvalue weighted by molar-refractivity contribution is 7.12. The second-order valence-corrected chi connectivity index (χ2v) is 4.50. The van der Waals surface area contributed by atoms with E-state index < -0.39 is 18.9 Å². The highest BCUT2D eigenvalue weighted by atomic mass is 32.1. The number of hydrogen-bond acceptors (Lipinski definition) is 3. The summed E-state index contributed by atoms with van der Waals surface area (Å²) in [5.41, 5.74) is 0. The molecule has 1 heterocycles. The molecule has 0 aliphatic rings. The van der Waals surface area contributed by atoms with Crippen LogP contribution in [-0.2, 0) is 11.2 Å². The number of thiophene rings is 1. The molecule has 1 N–H and O–H groups in total. The lowest BCUT2D eigenvalue weighted by Gasteiger charge is -2.11. The van der Waals surface area contributed by atoms with Gasteiger partial charge >= 0.3 is 6.18 Å². The van der Waals surface area contributed by atoms with Crippen LogP contribution in [0.25, 0.3) is 0 Å². The van der Waals surface area contributed by atoms with Crippen LogP contribution in [0.4, 0.5) is 13.2 Å². The van der Waals surface area contributed by atoms with Gasteiger partial charge in [0.1, 0.15) is 12.7 Å². The van der Waals surface area contributed by atoms with Gasteiger partial charge in [-0.05, 0) is 18.6 Å². The Labute approximate surface area is 95.7 Å².